The summed E-state index contributed by atoms with van der Waals surface area (Å²) in [7, 11) is 3.26. The Balaban J connectivity index is 2.96. The Morgan fingerprint density at radius 2 is 2.00 bits per heavy atom. The first kappa shape index (κ1) is 14.0. The highest BCUT2D eigenvalue weighted by Gasteiger charge is 2.26. The predicted octanol–water partition coefficient (Wildman–Crippen LogP) is 1.06. The number of aromatic nitrogens is 1. The summed E-state index contributed by atoms with van der Waals surface area (Å²) >= 11 is 0. The number of carboxylic acids is 1. The smallest absolute Gasteiger partial charge is 0.328 e. The number of hydrogen-bond donors (Lipinski definition) is 2. The van der Waals surface area contributed by atoms with Crippen molar-refractivity contribution >= 4 is 17.6 Å². The largest absolute Gasteiger partial charge is 0.480 e. The fourth-order valence-electron chi connectivity index (χ4n) is 1.27. The Morgan fingerprint density at radius 1 is 1.39 bits per heavy atom. The molecule has 0 aliphatic carbocycles. The highest BCUT2D eigenvalue weighted by molar-refractivity contribution is 5.93. The zero-order chi connectivity index (χ0) is 13.9. The molecular weight excluding hydrogens is 234 g/mol. The normalized spacial score (nSPS) is 10.9. The van der Waals surface area contributed by atoms with Gasteiger partial charge in [0.1, 0.15) is 11.2 Å². The minimum atomic E-state index is -1.11. The van der Waals surface area contributed by atoms with E-state index in [-0.39, 0.29) is 11.6 Å². The minimum Gasteiger partial charge on any atom is -0.480 e. The summed E-state index contributed by atoms with van der Waals surface area (Å²) in [5.41, 5.74) is -0.298. The maximum atomic E-state index is 11.7. The number of aliphatic carboxylic acids is 1. The third-order valence-corrected chi connectivity index (χ3v) is 2.38. The van der Waals surface area contributed by atoms with E-state index >= 15 is 0 Å². The molecule has 1 amide bonds. The molecule has 0 aliphatic heterocycles. The Labute approximate surface area is 106 Å². The van der Waals surface area contributed by atoms with Crippen LogP contribution in [0.5, 0.6) is 0 Å². The second-order valence-corrected chi connectivity index (χ2v) is 4.68. The standard InChI is InChI=1S/C12H17N3O3/c1-12(2,11(17)18)14-8-5-6-13-9(7-8)10(16)15(3)4/h5-7H,1-4H3,(H,13,14)(H,17,18). The molecule has 1 aromatic heterocycles. The van der Waals surface area contributed by atoms with E-state index in [1.165, 1.54) is 17.2 Å². The number of nitrogens with zero attached hydrogens (tertiary/aromatic N) is 2. The number of carbonyl (C=O) groups excluding carboxylic acids is 1. The summed E-state index contributed by atoms with van der Waals surface area (Å²) in [6.45, 7) is 3.09. The van der Waals surface area contributed by atoms with Crippen LogP contribution >= 0.6 is 0 Å². The van der Waals surface area contributed by atoms with Crippen LogP contribution < -0.4 is 5.32 Å². The van der Waals surface area contributed by atoms with E-state index in [0.29, 0.717) is 5.69 Å². The van der Waals surface area contributed by atoms with E-state index in [4.69, 9.17) is 5.11 Å². The van der Waals surface area contributed by atoms with Gasteiger partial charge in [0.2, 0.25) is 0 Å². The maximum absolute atomic E-state index is 11.7. The van der Waals surface area contributed by atoms with E-state index < -0.39 is 11.5 Å². The number of amides is 1. The van der Waals surface area contributed by atoms with Gasteiger partial charge in [0.15, 0.2) is 0 Å². The summed E-state index contributed by atoms with van der Waals surface area (Å²) in [5, 5.41) is 11.9. The number of carbonyl (C=O) groups is 2. The van der Waals surface area contributed by atoms with Gasteiger partial charge in [-0.25, -0.2) is 4.79 Å². The molecule has 0 unspecified atom stereocenters. The van der Waals surface area contributed by atoms with Crippen molar-refractivity contribution in [2.24, 2.45) is 0 Å². The van der Waals surface area contributed by atoms with Crippen LogP contribution in [0, 0.1) is 0 Å². The first-order chi connectivity index (χ1) is 8.24. The topological polar surface area (TPSA) is 82.5 Å². The molecule has 0 bridgehead atoms. The first-order valence-corrected chi connectivity index (χ1v) is 5.43. The van der Waals surface area contributed by atoms with Gasteiger partial charge in [0.05, 0.1) is 0 Å². The summed E-state index contributed by atoms with van der Waals surface area (Å²) in [4.78, 5) is 28.1. The zero-order valence-corrected chi connectivity index (χ0v) is 10.9. The molecule has 6 nitrogen and oxygen atoms in total. The quantitative estimate of drug-likeness (QED) is 0.836. The Morgan fingerprint density at radius 3 is 2.50 bits per heavy atom. The lowest BCUT2D eigenvalue weighted by Crippen LogP contribution is -2.40. The molecule has 1 rings (SSSR count). The van der Waals surface area contributed by atoms with Crippen LogP contribution in [0.15, 0.2) is 18.3 Å². The fourth-order valence-corrected chi connectivity index (χ4v) is 1.27. The number of rotatable bonds is 4. The lowest BCUT2D eigenvalue weighted by atomic mass is 10.1. The number of anilines is 1. The maximum Gasteiger partial charge on any atom is 0.328 e. The molecular formula is C12H17N3O3. The van der Waals surface area contributed by atoms with Crippen molar-refractivity contribution < 1.29 is 14.7 Å². The van der Waals surface area contributed by atoms with Crippen LogP contribution in [0.1, 0.15) is 24.3 Å². The number of carboxylic acid groups (broad SMARTS) is 1. The Kier molecular flexibility index (Phi) is 3.90. The summed E-state index contributed by atoms with van der Waals surface area (Å²) in [6.07, 6.45) is 1.47. The molecule has 0 aromatic carbocycles. The Bertz CT molecular complexity index is 469. The van der Waals surface area contributed by atoms with Crippen molar-refractivity contribution in [1.82, 2.24) is 9.88 Å². The van der Waals surface area contributed by atoms with Gasteiger partial charge in [-0.2, -0.15) is 0 Å². The van der Waals surface area contributed by atoms with Crippen molar-refractivity contribution in [2.75, 3.05) is 19.4 Å². The molecule has 0 saturated heterocycles. The number of pyridine rings is 1. The molecule has 0 atom stereocenters. The molecule has 0 aliphatic rings. The molecule has 6 heteroatoms. The van der Waals surface area contributed by atoms with Crippen molar-refractivity contribution in [3.63, 3.8) is 0 Å². The number of hydrogen-bond acceptors (Lipinski definition) is 4. The third-order valence-electron chi connectivity index (χ3n) is 2.38. The number of nitrogens with one attached hydrogen (secondary N) is 1. The second-order valence-electron chi connectivity index (χ2n) is 4.68. The van der Waals surface area contributed by atoms with Gasteiger partial charge in [0.25, 0.3) is 5.91 Å². The summed E-state index contributed by atoms with van der Waals surface area (Å²) in [6, 6.07) is 3.16. The monoisotopic (exact) mass is 251 g/mol. The Hall–Kier alpha value is -2.11. The molecule has 18 heavy (non-hydrogen) atoms. The molecule has 1 heterocycles. The van der Waals surface area contributed by atoms with Gasteiger partial charge in [-0.1, -0.05) is 0 Å². The zero-order valence-electron chi connectivity index (χ0n) is 10.9. The molecule has 0 fully saturated rings. The van der Waals surface area contributed by atoms with Crippen molar-refractivity contribution in [2.45, 2.75) is 19.4 Å². The van der Waals surface area contributed by atoms with Gasteiger partial charge < -0.3 is 15.3 Å². The van der Waals surface area contributed by atoms with E-state index in [0.717, 1.165) is 0 Å². The molecule has 1 aromatic rings. The van der Waals surface area contributed by atoms with Crippen LogP contribution in [0.3, 0.4) is 0 Å². The van der Waals surface area contributed by atoms with Crippen molar-refractivity contribution in [3.05, 3.63) is 24.0 Å². The molecule has 0 spiro atoms. The van der Waals surface area contributed by atoms with Gasteiger partial charge in [-0.3, -0.25) is 9.78 Å². The van der Waals surface area contributed by atoms with Crippen LogP contribution in [-0.2, 0) is 4.79 Å². The van der Waals surface area contributed by atoms with Gasteiger partial charge in [-0.05, 0) is 26.0 Å². The molecule has 0 radical (unpaired) electrons. The fraction of sp³-hybridized carbons (Fsp3) is 0.417. The van der Waals surface area contributed by atoms with E-state index in [1.54, 1.807) is 34.0 Å². The highest BCUT2D eigenvalue weighted by atomic mass is 16.4. The lowest BCUT2D eigenvalue weighted by Gasteiger charge is -2.22. The predicted molar refractivity (Wildman–Crippen MR) is 67.6 cm³/mol. The van der Waals surface area contributed by atoms with Crippen LogP contribution in [0.4, 0.5) is 5.69 Å². The van der Waals surface area contributed by atoms with E-state index in [2.05, 4.69) is 10.3 Å². The summed E-state index contributed by atoms with van der Waals surface area (Å²) < 4.78 is 0. The average molecular weight is 251 g/mol. The van der Waals surface area contributed by atoms with Crippen LogP contribution in [0.25, 0.3) is 0 Å². The van der Waals surface area contributed by atoms with Gasteiger partial charge in [-0.15, -0.1) is 0 Å². The van der Waals surface area contributed by atoms with Crippen LogP contribution in [-0.4, -0.2) is 46.5 Å². The van der Waals surface area contributed by atoms with Gasteiger partial charge >= 0.3 is 5.97 Å². The van der Waals surface area contributed by atoms with E-state index in [9.17, 15) is 9.59 Å². The third kappa shape index (κ3) is 3.19. The molecule has 98 valence electrons. The molecule has 0 saturated carbocycles. The first-order valence-electron chi connectivity index (χ1n) is 5.43. The SMILES string of the molecule is CN(C)C(=O)c1cc(NC(C)(C)C(=O)O)ccn1. The highest BCUT2D eigenvalue weighted by Crippen LogP contribution is 2.16. The second kappa shape index (κ2) is 5.03. The average Bonchev–Trinajstić information content (AvgIpc) is 2.27. The molecule has 2 N–H and O–H groups in total. The van der Waals surface area contributed by atoms with E-state index in [1.807, 2.05) is 0 Å². The van der Waals surface area contributed by atoms with Gasteiger partial charge in [0, 0.05) is 26.0 Å². The summed E-state index contributed by atoms with van der Waals surface area (Å²) in [5.74, 6) is -1.20. The van der Waals surface area contributed by atoms with Crippen LogP contribution in [0.2, 0.25) is 0 Å². The van der Waals surface area contributed by atoms with Crippen molar-refractivity contribution in [3.8, 4) is 0 Å². The minimum absolute atomic E-state index is 0.230. The lowest BCUT2D eigenvalue weighted by molar-refractivity contribution is -0.141. The van der Waals surface area contributed by atoms with Crippen molar-refractivity contribution in [1.29, 1.82) is 0 Å².